The highest BCUT2D eigenvalue weighted by Gasteiger charge is 2.47. The highest BCUT2D eigenvalue weighted by atomic mass is 16.6. The molecule has 111 heavy (non-hydrogen) atoms. The average molecular weight is 1590 g/mol. The topological polar surface area (TPSA) is 395 Å². The zero-order valence-electron chi connectivity index (χ0n) is 72.0. The molecule has 0 bridgehead atoms. The van der Waals surface area contributed by atoms with E-state index < -0.39 is 125 Å². The van der Waals surface area contributed by atoms with E-state index in [1.165, 1.54) is 19.3 Å². The van der Waals surface area contributed by atoms with Crippen molar-refractivity contribution in [3.05, 3.63) is 0 Å². The maximum atomic E-state index is 13.9. The van der Waals surface area contributed by atoms with Crippen molar-refractivity contribution in [1.82, 2.24) is 42.5 Å². The zero-order chi connectivity index (χ0) is 84.0. The van der Waals surface area contributed by atoms with Gasteiger partial charge in [-0.25, -0.2) is 24.0 Å². The Bertz CT molecular complexity index is 2670. The van der Waals surface area contributed by atoms with Crippen LogP contribution in [0.3, 0.4) is 0 Å². The number of amides is 8. The molecule has 28 heteroatoms. The summed E-state index contributed by atoms with van der Waals surface area (Å²) in [6, 6.07) is -1.95. The average Bonchev–Trinajstić information content (AvgIpc) is 0.801. The summed E-state index contributed by atoms with van der Waals surface area (Å²) in [5, 5.41) is 63.6. The summed E-state index contributed by atoms with van der Waals surface area (Å²) in [6.07, 6.45) is 14.4. The second kappa shape index (κ2) is 54.0. The van der Waals surface area contributed by atoms with Gasteiger partial charge in [0, 0.05) is 70.0 Å². The number of esters is 1. The number of nitrogens with one attached hydrogen (secondary N) is 8. The lowest BCUT2D eigenvalue weighted by molar-refractivity contribution is -0.275. The molecule has 0 aromatic rings. The van der Waals surface area contributed by atoms with Crippen molar-refractivity contribution < 1.29 is 96.7 Å². The maximum Gasteiger partial charge on any atom is 0.407 e. The molecule has 11 atom stereocenters. The summed E-state index contributed by atoms with van der Waals surface area (Å²) in [7, 11) is 0. The van der Waals surface area contributed by atoms with E-state index in [4.69, 9.17) is 33.2 Å². The SMILES string of the molecule is CCCCCCCCCCC(NC(=O)C1OC(O)C(O)C(O)C1O)C(=O)NCCCCCCCCCCCC(=O)NCCCCCCC(CNC(=O)OC(C)(C)CC(CCC)NC(=O)OC(C)(C)CC(CC)NC(=O)OC(C)(C)C)CNC(=O)OC(C)(C)CC(CCC)C(=O)OC(C)(C)CC(CC)NC(=O)OC(C)(C)C. The van der Waals surface area contributed by atoms with Gasteiger partial charge in [0.05, 0.1) is 5.92 Å². The molecular weight excluding hydrogens is 1430 g/mol. The first-order valence-corrected chi connectivity index (χ1v) is 42.3. The highest BCUT2D eigenvalue weighted by molar-refractivity contribution is 5.89. The third-order valence-electron chi connectivity index (χ3n) is 19.4. The summed E-state index contributed by atoms with van der Waals surface area (Å²) < 4.78 is 40.1. The van der Waals surface area contributed by atoms with Crippen LogP contribution >= 0.6 is 0 Å². The minimum absolute atomic E-state index is 0.0205. The van der Waals surface area contributed by atoms with Gasteiger partial charge in [0.15, 0.2) is 12.4 Å². The van der Waals surface area contributed by atoms with Gasteiger partial charge in [0.1, 0.15) is 58.0 Å². The fraction of sp³-hybridized carbons (Fsp3) is 0.892. The van der Waals surface area contributed by atoms with E-state index in [1.807, 2.05) is 27.7 Å². The molecule has 648 valence electrons. The van der Waals surface area contributed by atoms with E-state index in [-0.39, 0.29) is 55.7 Å². The molecular formula is C83H156N8O20. The van der Waals surface area contributed by atoms with E-state index in [9.17, 15) is 63.6 Å². The van der Waals surface area contributed by atoms with Crippen LogP contribution in [-0.2, 0) is 52.3 Å². The highest BCUT2D eigenvalue weighted by Crippen LogP contribution is 2.30. The van der Waals surface area contributed by atoms with E-state index in [0.717, 1.165) is 116 Å². The number of carbonyl (C=O) groups excluding carboxylic acids is 9. The van der Waals surface area contributed by atoms with Gasteiger partial charge in [0.25, 0.3) is 5.91 Å². The number of alkyl carbamates (subject to hydrolysis) is 5. The van der Waals surface area contributed by atoms with Crippen molar-refractivity contribution in [2.75, 3.05) is 26.2 Å². The molecule has 0 radical (unpaired) electrons. The first-order chi connectivity index (χ1) is 51.9. The van der Waals surface area contributed by atoms with Crippen LogP contribution in [-0.4, -0.2) is 189 Å². The third kappa shape index (κ3) is 50.1. The number of rotatable bonds is 57. The standard InChI is InChI=1S/C83H156N8O20/c1-20-25-26-27-28-32-35-41-48-63(91-70(97)68-66(94)65(93)67(95)72(99)105-68)69(96)85-51-44-38-34-31-29-30-33-36-42-49-64(92)84-50-43-39-37-40-47-58(56-86-73(100)109-80(12,13)52-59(45-21-2)71(98)106-81(14,15)53-60(23-4)88-75(102)107-78(6,7)8)57-87-74(101)110-83(18,19)55-62(46-22-3)90-77(104)111-82(16,17)54-61(24-5)89-76(103)108-79(9,10)11/h58-63,65-68,72,93-95,99H,20-57H2,1-19H3,(H,84,92)(H,85,96)(H,86,100)(H,87,101)(H,88,102)(H,89,103)(H,90,104)(H,91,97). The van der Waals surface area contributed by atoms with Gasteiger partial charge in [-0.3, -0.25) is 19.2 Å². The fourth-order valence-electron chi connectivity index (χ4n) is 13.7. The quantitative estimate of drug-likeness (QED) is 0.0153. The predicted molar refractivity (Wildman–Crippen MR) is 430 cm³/mol. The summed E-state index contributed by atoms with van der Waals surface area (Å²) in [4.78, 5) is 119. The maximum absolute atomic E-state index is 13.9. The molecule has 0 spiro atoms. The molecule has 1 rings (SSSR count). The Hall–Kier alpha value is -5.97. The number of hydrogen-bond acceptors (Lipinski definition) is 20. The first-order valence-electron chi connectivity index (χ1n) is 42.3. The smallest absolute Gasteiger partial charge is 0.407 e. The molecule has 8 amide bonds. The van der Waals surface area contributed by atoms with Crippen LogP contribution in [0.1, 0.15) is 350 Å². The van der Waals surface area contributed by atoms with Crippen molar-refractivity contribution in [2.45, 2.75) is 438 Å². The van der Waals surface area contributed by atoms with Gasteiger partial charge in [-0.2, -0.15) is 0 Å². The first kappa shape index (κ1) is 103. The molecule has 1 aliphatic heterocycles. The monoisotopic (exact) mass is 1590 g/mol. The Kier molecular flexibility index (Phi) is 50.1. The Labute approximate surface area is 666 Å². The number of hydrogen-bond donors (Lipinski definition) is 12. The van der Waals surface area contributed by atoms with Crippen molar-refractivity contribution >= 4 is 54.2 Å². The summed E-state index contributed by atoms with van der Waals surface area (Å²) in [6.45, 7) is 36.2. The van der Waals surface area contributed by atoms with Crippen LogP contribution in [0.2, 0.25) is 0 Å². The summed E-state index contributed by atoms with van der Waals surface area (Å²) in [5.74, 6) is -2.47. The molecule has 0 aliphatic carbocycles. The van der Waals surface area contributed by atoms with Gasteiger partial charge in [-0.05, 0) is 167 Å². The molecule has 1 heterocycles. The summed E-state index contributed by atoms with van der Waals surface area (Å²) in [5.41, 5.74) is -5.39. The predicted octanol–water partition coefficient (Wildman–Crippen LogP) is 14.1. The lowest BCUT2D eigenvalue weighted by Gasteiger charge is -2.37. The largest absolute Gasteiger partial charge is 0.459 e. The number of aliphatic hydroxyl groups is 4. The van der Waals surface area contributed by atoms with Crippen molar-refractivity contribution in [2.24, 2.45) is 11.8 Å². The van der Waals surface area contributed by atoms with Crippen LogP contribution in [0.4, 0.5) is 24.0 Å². The minimum atomic E-state index is -1.88. The van der Waals surface area contributed by atoms with Gasteiger partial charge >= 0.3 is 36.4 Å². The number of unbranched alkanes of at least 4 members (excludes halogenated alkanes) is 18. The number of ether oxygens (including phenoxy) is 7. The van der Waals surface area contributed by atoms with E-state index in [0.29, 0.717) is 83.7 Å². The summed E-state index contributed by atoms with van der Waals surface area (Å²) >= 11 is 0. The van der Waals surface area contributed by atoms with E-state index in [2.05, 4.69) is 49.5 Å². The normalized spacial score (nSPS) is 18.0. The Morgan fingerprint density at radius 2 is 0.766 bits per heavy atom. The molecule has 1 saturated heterocycles. The van der Waals surface area contributed by atoms with E-state index in [1.54, 1.807) is 96.9 Å². The third-order valence-corrected chi connectivity index (χ3v) is 19.4. The van der Waals surface area contributed by atoms with Gasteiger partial charge < -0.3 is 96.1 Å². The van der Waals surface area contributed by atoms with Crippen molar-refractivity contribution in [3.8, 4) is 0 Å². The minimum Gasteiger partial charge on any atom is -0.459 e. The number of carbonyl (C=O) groups is 9. The van der Waals surface area contributed by atoms with Crippen LogP contribution in [0.15, 0.2) is 0 Å². The molecule has 12 N–H and O–H groups in total. The molecule has 1 fully saturated rings. The van der Waals surface area contributed by atoms with Gasteiger partial charge in [-0.15, -0.1) is 0 Å². The van der Waals surface area contributed by atoms with Gasteiger partial charge in [-0.1, -0.05) is 163 Å². The molecule has 0 aromatic heterocycles. The molecule has 0 saturated carbocycles. The van der Waals surface area contributed by atoms with Crippen LogP contribution < -0.4 is 42.5 Å². The van der Waals surface area contributed by atoms with Crippen LogP contribution in [0, 0.1) is 11.8 Å². The second-order valence-corrected chi connectivity index (χ2v) is 35.2. The molecule has 1 aliphatic rings. The van der Waals surface area contributed by atoms with Crippen molar-refractivity contribution in [3.63, 3.8) is 0 Å². The van der Waals surface area contributed by atoms with E-state index >= 15 is 0 Å². The van der Waals surface area contributed by atoms with Crippen LogP contribution in [0.25, 0.3) is 0 Å². The molecule has 11 unspecified atom stereocenters. The van der Waals surface area contributed by atoms with Crippen molar-refractivity contribution in [1.29, 1.82) is 0 Å². The molecule has 0 aromatic carbocycles. The second-order valence-electron chi connectivity index (χ2n) is 35.2. The lowest BCUT2D eigenvalue weighted by atomic mass is 9.89. The Morgan fingerprint density at radius 1 is 0.369 bits per heavy atom. The van der Waals surface area contributed by atoms with Crippen LogP contribution in [0.5, 0.6) is 0 Å². The Morgan fingerprint density at radius 3 is 1.23 bits per heavy atom. The van der Waals surface area contributed by atoms with Gasteiger partial charge in [0.2, 0.25) is 11.8 Å². The molecule has 28 nitrogen and oxygen atoms in total. The zero-order valence-corrected chi connectivity index (χ0v) is 72.0. The fourth-order valence-corrected chi connectivity index (χ4v) is 13.7. The number of aliphatic hydroxyl groups excluding tert-OH is 4. The Balaban J connectivity index is 2.86. The lowest BCUT2D eigenvalue weighted by Crippen LogP contribution is -2.63.